The van der Waals surface area contributed by atoms with Crippen LogP contribution in [0.25, 0.3) is 0 Å². The van der Waals surface area contributed by atoms with E-state index in [1.54, 1.807) is 0 Å². The predicted octanol–water partition coefficient (Wildman–Crippen LogP) is 1.94. The SMILES string of the molecule is COC(=O)[C@]12CCC(C)(C)C[C@H]1C1=CC[C@@H]3[C@@]4(C)CC[C@H](O[C@@H]5O[C@H](CO[C@H]6O[C@H](CO)[C@@H](O)[C@H](O)[C@H]6O)[C@@H](O)[C@H](O)[C@H]5O)[C@@](C)(CO)[C@@H]4CC[C@@]3(C)[C@]1(C)CC2. The Morgan fingerprint density at radius 3 is 2.04 bits per heavy atom. The average molecular weight is 811 g/mol. The summed E-state index contributed by atoms with van der Waals surface area (Å²) in [5.41, 5.74) is 0.0345. The van der Waals surface area contributed by atoms with E-state index in [0.717, 1.165) is 57.8 Å². The van der Waals surface area contributed by atoms with Gasteiger partial charge in [0.05, 0.1) is 38.4 Å². The largest absolute Gasteiger partial charge is 0.469 e. The molecule has 2 saturated heterocycles. The highest BCUT2D eigenvalue weighted by molar-refractivity contribution is 5.78. The summed E-state index contributed by atoms with van der Waals surface area (Å²) in [6.07, 6.45) is -4.62. The van der Waals surface area contributed by atoms with E-state index in [1.165, 1.54) is 12.7 Å². The quantitative estimate of drug-likeness (QED) is 0.0998. The molecule has 0 radical (unpaired) electrons. The molecular formula is C43H70O14. The maximum Gasteiger partial charge on any atom is 0.312 e. The Bertz CT molecular complexity index is 1520. The Hall–Kier alpha value is -1.27. The third-order valence-electron chi connectivity index (χ3n) is 17.6. The molecule has 14 nitrogen and oxygen atoms in total. The Labute approximate surface area is 336 Å². The normalized spacial score (nSPS) is 53.4. The monoisotopic (exact) mass is 810 g/mol. The van der Waals surface area contributed by atoms with Crippen molar-refractivity contribution in [1.82, 2.24) is 0 Å². The molecule has 7 aliphatic rings. The standard InChI is InChI=1S/C43H70O14/c1-38(2)14-16-43(37(52)53-7)17-15-41(5)22(23(43)18-38)8-9-27-39(3)12-11-28(40(4,21-45)26(39)10-13-42(27,41)6)57-36-34(51)32(49)30(47)25(56-36)20-54-35-33(50)31(48)29(46)24(19-44)55-35/h8,23-36,44-51H,9-21H2,1-7H3/t23-,24+,25+,26+,27+,28-,29+,30+,31-,32-,33+,34+,35-,36-,39-,40-,41+,42+,43-/m0/s1. The van der Waals surface area contributed by atoms with E-state index in [1.807, 2.05) is 6.92 Å². The maximum atomic E-state index is 13.6. The minimum atomic E-state index is -1.68. The summed E-state index contributed by atoms with van der Waals surface area (Å²) in [7, 11) is 1.53. The fourth-order valence-electron chi connectivity index (χ4n) is 13.8. The summed E-state index contributed by atoms with van der Waals surface area (Å²) in [6, 6.07) is 0. The van der Waals surface area contributed by atoms with Crippen molar-refractivity contribution in [3.05, 3.63) is 11.6 Å². The Morgan fingerprint density at radius 2 is 1.39 bits per heavy atom. The van der Waals surface area contributed by atoms with Gasteiger partial charge in [0, 0.05) is 5.41 Å². The first kappa shape index (κ1) is 43.8. The summed E-state index contributed by atoms with van der Waals surface area (Å²) >= 11 is 0. The summed E-state index contributed by atoms with van der Waals surface area (Å²) in [6.45, 7) is 12.8. The fraction of sp³-hybridized carbons (Fsp3) is 0.930. The lowest BCUT2D eigenvalue weighted by molar-refractivity contribution is -0.347. The highest BCUT2D eigenvalue weighted by Gasteiger charge is 2.70. The van der Waals surface area contributed by atoms with Gasteiger partial charge in [-0.05, 0) is 104 Å². The topological polar surface area (TPSA) is 225 Å². The molecule has 5 aliphatic carbocycles. The smallest absolute Gasteiger partial charge is 0.312 e. The third-order valence-corrected chi connectivity index (χ3v) is 17.6. The number of rotatable bonds is 8. The molecule has 2 heterocycles. The van der Waals surface area contributed by atoms with Gasteiger partial charge in [-0.15, -0.1) is 0 Å². The van der Waals surface area contributed by atoms with Gasteiger partial charge < -0.3 is 64.5 Å². The number of hydrogen-bond acceptors (Lipinski definition) is 14. The second-order valence-corrected chi connectivity index (χ2v) is 20.7. The molecular weight excluding hydrogens is 740 g/mol. The first-order chi connectivity index (χ1) is 26.7. The summed E-state index contributed by atoms with van der Waals surface area (Å²) in [5.74, 6) is 0.444. The number of aliphatic hydroxyl groups excluding tert-OH is 8. The van der Waals surface area contributed by atoms with Gasteiger partial charge >= 0.3 is 5.97 Å². The van der Waals surface area contributed by atoms with Crippen molar-refractivity contribution in [3.63, 3.8) is 0 Å². The Balaban J connectivity index is 1.10. The maximum absolute atomic E-state index is 13.6. The number of ether oxygens (including phenoxy) is 5. The second kappa shape index (κ2) is 15.3. The Morgan fingerprint density at radius 1 is 0.754 bits per heavy atom. The van der Waals surface area contributed by atoms with Crippen molar-refractivity contribution in [1.29, 1.82) is 0 Å². The minimum Gasteiger partial charge on any atom is -0.469 e. The van der Waals surface area contributed by atoms with Crippen molar-refractivity contribution < 1.29 is 69.3 Å². The van der Waals surface area contributed by atoms with Crippen molar-refractivity contribution in [3.8, 4) is 0 Å². The van der Waals surface area contributed by atoms with Gasteiger partial charge in [0.2, 0.25) is 0 Å². The van der Waals surface area contributed by atoms with Gasteiger partial charge in [0.1, 0.15) is 48.8 Å². The Kier molecular flexibility index (Phi) is 11.7. The van der Waals surface area contributed by atoms with Crippen LogP contribution in [0, 0.1) is 50.2 Å². The number of allylic oxidation sites excluding steroid dienone is 2. The molecule has 326 valence electrons. The molecule has 0 aromatic rings. The average Bonchev–Trinajstić information content (AvgIpc) is 3.18. The van der Waals surface area contributed by atoms with Crippen molar-refractivity contribution in [2.45, 2.75) is 173 Å². The van der Waals surface area contributed by atoms with Crippen LogP contribution >= 0.6 is 0 Å². The fourth-order valence-corrected chi connectivity index (χ4v) is 13.8. The highest BCUT2D eigenvalue weighted by atomic mass is 16.7. The molecule has 0 unspecified atom stereocenters. The van der Waals surface area contributed by atoms with E-state index in [2.05, 4.69) is 40.7 Å². The minimum absolute atomic E-state index is 0.0483. The number of aliphatic hydroxyl groups is 8. The molecule has 7 rings (SSSR count). The molecule has 0 spiro atoms. The predicted molar refractivity (Wildman–Crippen MR) is 204 cm³/mol. The van der Waals surface area contributed by atoms with Crippen molar-refractivity contribution in [2.75, 3.05) is 26.9 Å². The molecule has 57 heavy (non-hydrogen) atoms. The molecule has 6 fully saturated rings. The van der Waals surface area contributed by atoms with Gasteiger partial charge in [0.25, 0.3) is 0 Å². The van der Waals surface area contributed by atoms with Gasteiger partial charge in [-0.25, -0.2) is 0 Å². The van der Waals surface area contributed by atoms with Crippen LogP contribution in [-0.2, 0) is 28.5 Å². The summed E-state index contributed by atoms with van der Waals surface area (Å²) in [4.78, 5) is 13.6. The van der Waals surface area contributed by atoms with Crippen LogP contribution < -0.4 is 0 Å². The number of hydrogen-bond donors (Lipinski definition) is 8. The number of fused-ring (bicyclic) bond motifs is 7. The van der Waals surface area contributed by atoms with Crippen LogP contribution in [0.4, 0.5) is 0 Å². The van der Waals surface area contributed by atoms with Crippen LogP contribution in [0.3, 0.4) is 0 Å². The summed E-state index contributed by atoms with van der Waals surface area (Å²) < 4.78 is 29.2. The van der Waals surface area contributed by atoms with E-state index in [0.29, 0.717) is 12.3 Å². The third kappa shape index (κ3) is 6.61. The molecule has 0 amide bonds. The molecule has 2 aliphatic heterocycles. The number of methoxy groups -OCH3 is 1. The van der Waals surface area contributed by atoms with Gasteiger partial charge in [-0.2, -0.15) is 0 Å². The molecule has 8 N–H and O–H groups in total. The zero-order valence-electron chi connectivity index (χ0n) is 34.9. The van der Waals surface area contributed by atoms with Crippen molar-refractivity contribution in [2.24, 2.45) is 50.2 Å². The first-order valence-corrected chi connectivity index (χ1v) is 21.3. The number of carbonyl (C=O) groups is 1. The lowest BCUT2D eigenvalue weighted by Gasteiger charge is -2.71. The van der Waals surface area contributed by atoms with E-state index in [-0.39, 0.29) is 46.1 Å². The van der Waals surface area contributed by atoms with Crippen LogP contribution in [0.2, 0.25) is 0 Å². The van der Waals surface area contributed by atoms with E-state index in [9.17, 15) is 45.6 Å². The molecule has 4 saturated carbocycles. The highest BCUT2D eigenvalue weighted by Crippen LogP contribution is 2.76. The lowest BCUT2D eigenvalue weighted by atomic mass is 9.33. The number of esters is 1. The van der Waals surface area contributed by atoms with Gasteiger partial charge in [-0.1, -0.05) is 53.2 Å². The van der Waals surface area contributed by atoms with Gasteiger partial charge in [-0.3, -0.25) is 4.79 Å². The molecule has 19 atom stereocenters. The number of carbonyl (C=O) groups excluding carboxylic acids is 1. The van der Waals surface area contributed by atoms with E-state index in [4.69, 9.17) is 23.7 Å². The molecule has 0 aromatic heterocycles. The lowest BCUT2D eigenvalue weighted by Crippen LogP contribution is -2.67. The van der Waals surface area contributed by atoms with E-state index >= 15 is 0 Å². The summed E-state index contributed by atoms with van der Waals surface area (Å²) in [5, 5.41) is 84.5. The van der Waals surface area contributed by atoms with Crippen molar-refractivity contribution >= 4 is 5.97 Å². The molecule has 0 bridgehead atoms. The second-order valence-electron chi connectivity index (χ2n) is 20.7. The van der Waals surface area contributed by atoms with Crippen LogP contribution in [0.15, 0.2) is 11.6 Å². The molecule has 14 heteroatoms. The zero-order chi connectivity index (χ0) is 41.7. The molecule has 0 aromatic carbocycles. The van der Waals surface area contributed by atoms with E-state index < -0.39 is 91.6 Å². The zero-order valence-corrected chi connectivity index (χ0v) is 34.9. The first-order valence-electron chi connectivity index (χ1n) is 21.3. The van der Waals surface area contributed by atoms with Crippen LogP contribution in [-0.4, -0.2) is 141 Å². The van der Waals surface area contributed by atoms with Crippen LogP contribution in [0.1, 0.15) is 106 Å². The van der Waals surface area contributed by atoms with Gasteiger partial charge in [0.15, 0.2) is 12.6 Å². The van der Waals surface area contributed by atoms with Crippen LogP contribution in [0.5, 0.6) is 0 Å².